The van der Waals surface area contributed by atoms with Gasteiger partial charge in [-0.2, -0.15) is 0 Å². The predicted molar refractivity (Wildman–Crippen MR) is 101 cm³/mol. The molecule has 1 aliphatic heterocycles. The van der Waals surface area contributed by atoms with Gasteiger partial charge in [0.1, 0.15) is 0 Å². The second-order valence-electron chi connectivity index (χ2n) is 6.57. The van der Waals surface area contributed by atoms with Crippen molar-refractivity contribution in [1.82, 2.24) is 0 Å². The van der Waals surface area contributed by atoms with Crippen LogP contribution in [-0.2, 0) is 0 Å². The van der Waals surface area contributed by atoms with Crippen molar-refractivity contribution >= 4 is 34.6 Å². The lowest BCUT2D eigenvalue weighted by Gasteiger charge is -2.38. The number of rotatable bonds is 2. The number of nitro groups is 1. The molecule has 1 heterocycles. The van der Waals surface area contributed by atoms with Gasteiger partial charge in [0.25, 0.3) is 5.69 Å². The van der Waals surface area contributed by atoms with Crippen LogP contribution in [0.15, 0.2) is 42.5 Å². The number of fused-ring (bicyclic) bond motifs is 3. The highest BCUT2D eigenvalue weighted by molar-refractivity contribution is 6.42. The largest absolute Gasteiger partial charge is 0.377 e. The number of nitrogens with one attached hydrogen (secondary N) is 1. The van der Waals surface area contributed by atoms with Crippen molar-refractivity contribution in [2.24, 2.45) is 5.92 Å². The third-order valence-corrected chi connectivity index (χ3v) is 6.05. The molecule has 128 valence electrons. The maximum Gasteiger partial charge on any atom is 0.275 e. The first-order valence-corrected chi connectivity index (χ1v) is 8.89. The molecule has 0 amide bonds. The van der Waals surface area contributed by atoms with E-state index in [1.165, 1.54) is 0 Å². The molecule has 1 aliphatic carbocycles. The number of halogens is 2. The molecule has 0 saturated heterocycles. The summed E-state index contributed by atoms with van der Waals surface area (Å²) >= 11 is 12.7. The Morgan fingerprint density at radius 3 is 2.80 bits per heavy atom. The number of anilines is 1. The number of aryl methyl sites for hydroxylation is 1. The average Bonchev–Trinajstić information content (AvgIpc) is 3.07. The number of hydrogen-bond acceptors (Lipinski definition) is 3. The fourth-order valence-corrected chi connectivity index (χ4v) is 4.49. The SMILES string of the molecule is Cc1ccc([N+](=O)[O-])c2c1NC(c1cccc(Cl)c1Cl)C1CC=CC21. The van der Waals surface area contributed by atoms with E-state index in [2.05, 4.69) is 17.5 Å². The summed E-state index contributed by atoms with van der Waals surface area (Å²) in [4.78, 5) is 11.2. The summed E-state index contributed by atoms with van der Waals surface area (Å²) in [5.74, 6) is 0.167. The Bertz CT molecular complexity index is 911. The third kappa shape index (κ3) is 2.52. The van der Waals surface area contributed by atoms with Crippen molar-refractivity contribution in [3.05, 3.63) is 79.3 Å². The monoisotopic (exact) mass is 374 g/mol. The van der Waals surface area contributed by atoms with Gasteiger partial charge in [-0.25, -0.2) is 0 Å². The quantitative estimate of drug-likeness (QED) is 0.396. The summed E-state index contributed by atoms with van der Waals surface area (Å²) < 4.78 is 0. The smallest absolute Gasteiger partial charge is 0.275 e. The molecule has 2 aromatic carbocycles. The van der Waals surface area contributed by atoms with Gasteiger partial charge in [0.2, 0.25) is 0 Å². The van der Waals surface area contributed by atoms with Crippen LogP contribution in [0.1, 0.15) is 35.1 Å². The molecule has 0 saturated carbocycles. The summed E-state index contributed by atoms with van der Waals surface area (Å²) in [6.07, 6.45) is 5.03. The molecule has 0 fully saturated rings. The highest BCUT2D eigenvalue weighted by atomic mass is 35.5. The van der Waals surface area contributed by atoms with E-state index >= 15 is 0 Å². The number of allylic oxidation sites excluding steroid dienone is 2. The van der Waals surface area contributed by atoms with Crippen molar-refractivity contribution in [2.75, 3.05) is 5.32 Å². The lowest BCUT2D eigenvalue weighted by atomic mass is 9.75. The van der Waals surface area contributed by atoms with Crippen LogP contribution in [0.4, 0.5) is 11.4 Å². The molecule has 6 heteroatoms. The van der Waals surface area contributed by atoms with E-state index in [0.717, 1.165) is 28.8 Å². The Kier molecular flexibility index (Phi) is 3.97. The van der Waals surface area contributed by atoms with Crippen LogP contribution in [0.2, 0.25) is 10.0 Å². The molecule has 0 radical (unpaired) electrons. The van der Waals surface area contributed by atoms with Gasteiger partial charge in [-0.15, -0.1) is 0 Å². The first-order valence-electron chi connectivity index (χ1n) is 8.14. The van der Waals surface area contributed by atoms with Crippen molar-refractivity contribution in [1.29, 1.82) is 0 Å². The van der Waals surface area contributed by atoms with E-state index in [4.69, 9.17) is 23.2 Å². The van der Waals surface area contributed by atoms with E-state index < -0.39 is 0 Å². The summed E-state index contributed by atoms with van der Waals surface area (Å²) in [6, 6.07) is 8.98. The fourth-order valence-electron chi connectivity index (χ4n) is 4.06. The zero-order valence-electron chi connectivity index (χ0n) is 13.5. The van der Waals surface area contributed by atoms with E-state index in [1.54, 1.807) is 18.2 Å². The zero-order chi connectivity index (χ0) is 17.7. The predicted octanol–water partition coefficient (Wildman–Crippen LogP) is 6.04. The van der Waals surface area contributed by atoms with E-state index in [1.807, 2.05) is 19.1 Å². The first kappa shape index (κ1) is 16.4. The summed E-state index contributed by atoms with van der Waals surface area (Å²) in [5.41, 5.74) is 3.71. The van der Waals surface area contributed by atoms with Crippen LogP contribution in [0, 0.1) is 23.0 Å². The Morgan fingerprint density at radius 1 is 1.24 bits per heavy atom. The summed E-state index contributed by atoms with van der Waals surface area (Å²) in [7, 11) is 0. The molecule has 2 aromatic rings. The maximum atomic E-state index is 11.5. The van der Waals surface area contributed by atoms with E-state index in [9.17, 15) is 10.1 Å². The topological polar surface area (TPSA) is 55.2 Å². The average molecular weight is 375 g/mol. The molecule has 3 unspecified atom stereocenters. The maximum absolute atomic E-state index is 11.5. The number of benzene rings is 2. The summed E-state index contributed by atoms with van der Waals surface area (Å²) in [5, 5.41) is 16.1. The second kappa shape index (κ2) is 6.04. The molecule has 4 nitrogen and oxygen atoms in total. The molecular weight excluding hydrogens is 359 g/mol. The van der Waals surface area contributed by atoms with Crippen LogP contribution in [0.5, 0.6) is 0 Å². The molecule has 0 aromatic heterocycles. The van der Waals surface area contributed by atoms with Gasteiger partial charge in [-0.05, 0) is 36.5 Å². The van der Waals surface area contributed by atoms with Crippen molar-refractivity contribution < 1.29 is 4.92 Å². The fraction of sp³-hybridized carbons (Fsp3) is 0.263. The standard InChI is InChI=1S/C19H16Cl2N2O2/c1-10-8-9-15(23(24)25)16-11-4-2-5-12(11)19(22-18(10)16)13-6-3-7-14(20)17(13)21/h2-4,6-9,11-12,19,22H,5H2,1H3. The van der Waals surface area contributed by atoms with Crippen LogP contribution < -0.4 is 5.32 Å². The Labute approximate surface area is 155 Å². The molecule has 0 spiro atoms. The Hall–Kier alpha value is -2.04. The van der Waals surface area contributed by atoms with Crippen LogP contribution in [0.3, 0.4) is 0 Å². The normalized spacial score (nSPS) is 23.7. The van der Waals surface area contributed by atoms with Gasteiger partial charge in [0, 0.05) is 17.7 Å². The van der Waals surface area contributed by atoms with Gasteiger partial charge < -0.3 is 5.32 Å². The third-order valence-electron chi connectivity index (χ3n) is 5.22. The second-order valence-corrected chi connectivity index (χ2v) is 7.35. The van der Waals surface area contributed by atoms with Crippen LogP contribution >= 0.6 is 23.2 Å². The molecule has 4 rings (SSSR count). The molecule has 0 bridgehead atoms. The van der Waals surface area contributed by atoms with E-state index in [-0.39, 0.29) is 28.5 Å². The minimum Gasteiger partial charge on any atom is -0.377 e. The highest BCUT2D eigenvalue weighted by Gasteiger charge is 2.42. The number of nitro benzene ring substituents is 1. The van der Waals surface area contributed by atoms with Crippen LogP contribution in [0.25, 0.3) is 0 Å². The van der Waals surface area contributed by atoms with Gasteiger partial charge in [-0.3, -0.25) is 10.1 Å². The number of hydrogen-bond donors (Lipinski definition) is 1. The summed E-state index contributed by atoms with van der Waals surface area (Å²) in [6.45, 7) is 1.96. The lowest BCUT2D eigenvalue weighted by Crippen LogP contribution is -2.30. The van der Waals surface area contributed by atoms with Crippen molar-refractivity contribution in [3.8, 4) is 0 Å². The molecule has 2 aliphatic rings. The number of nitrogens with zero attached hydrogens (tertiary/aromatic N) is 1. The molecule has 1 N–H and O–H groups in total. The van der Waals surface area contributed by atoms with Crippen LogP contribution in [-0.4, -0.2) is 4.92 Å². The van der Waals surface area contributed by atoms with E-state index in [0.29, 0.717) is 10.0 Å². The van der Waals surface area contributed by atoms with Crippen molar-refractivity contribution in [2.45, 2.75) is 25.3 Å². The van der Waals surface area contributed by atoms with Gasteiger partial charge in [0.15, 0.2) is 0 Å². The molecule has 3 atom stereocenters. The zero-order valence-corrected chi connectivity index (χ0v) is 15.0. The Balaban J connectivity index is 1.90. The lowest BCUT2D eigenvalue weighted by molar-refractivity contribution is -0.385. The van der Waals surface area contributed by atoms with Crippen molar-refractivity contribution in [3.63, 3.8) is 0 Å². The highest BCUT2D eigenvalue weighted by Crippen LogP contribution is 2.54. The Morgan fingerprint density at radius 2 is 2.04 bits per heavy atom. The minimum atomic E-state index is -0.296. The van der Waals surface area contributed by atoms with Gasteiger partial charge in [0.05, 0.1) is 26.6 Å². The first-order chi connectivity index (χ1) is 12.0. The van der Waals surface area contributed by atoms with Gasteiger partial charge >= 0.3 is 0 Å². The molecule has 25 heavy (non-hydrogen) atoms. The molecular formula is C19H16Cl2N2O2. The van der Waals surface area contributed by atoms with Gasteiger partial charge in [-0.1, -0.05) is 53.6 Å². The minimum absolute atomic E-state index is 0.00315.